The van der Waals surface area contributed by atoms with E-state index in [1.165, 1.54) is 54.7 Å². The smallest absolute Gasteiger partial charge is 0.354 e. The average Bonchev–Trinajstić information content (AvgIpc) is 3.26. The van der Waals surface area contributed by atoms with Crippen LogP contribution in [0.2, 0.25) is 10.0 Å². The van der Waals surface area contributed by atoms with Crippen LogP contribution in [0.25, 0.3) is 0 Å². The van der Waals surface area contributed by atoms with Crippen LogP contribution in [0.3, 0.4) is 0 Å². The molecule has 4 atom stereocenters. The maximum atomic E-state index is 13.7. The van der Waals surface area contributed by atoms with Gasteiger partial charge in [-0.15, -0.1) is 0 Å². The van der Waals surface area contributed by atoms with Crippen molar-refractivity contribution in [1.82, 2.24) is 15.6 Å². The van der Waals surface area contributed by atoms with Gasteiger partial charge in [0.15, 0.2) is 9.84 Å². The molecule has 0 bridgehead atoms. The second kappa shape index (κ2) is 22.5. The van der Waals surface area contributed by atoms with Crippen molar-refractivity contribution < 1.29 is 42.5 Å². The van der Waals surface area contributed by atoms with E-state index >= 15 is 0 Å². The summed E-state index contributed by atoms with van der Waals surface area (Å²) in [7, 11) is -3.31. The van der Waals surface area contributed by atoms with E-state index in [0.29, 0.717) is 41.3 Å². The Balaban J connectivity index is 0.000000202. The normalized spacial score (nSPS) is 20.1. The number of hydrogen-bond donors (Lipinski definition) is 5. The maximum absolute atomic E-state index is 13.7. The van der Waals surface area contributed by atoms with Gasteiger partial charge < -0.3 is 26.0 Å². The number of carboxylic acids is 1. The molecule has 2 amide bonds. The number of benzene rings is 4. The van der Waals surface area contributed by atoms with Crippen molar-refractivity contribution >= 4 is 50.8 Å². The van der Waals surface area contributed by atoms with Gasteiger partial charge in [0, 0.05) is 64.1 Å². The lowest BCUT2D eigenvalue weighted by molar-refractivity contribution is 0.0443. The predicted molar refractivity (Wildman–Crippen MR) is 243 cm³/mol. The molecule has 2 aliphatic rings. The maximum Gasteiger partial charge on any atom is 0.354 e. The molecule has 0 aliphatic heterocycles. The zero-order chi connectivity index (χ0) is 46.3. The van der Waals surface area contributed by atoms with Crippen LogP contribution in [-0.2, 0) is 9.84 Å². The van der Waals surface area contributed by atoms with Crippen molar-refractivity contribution in [1.29, 1.82) is 0 Å². The molecule has 332 valence electrons. The van der Waals surface area contributed by atoms with Crippen LogP contribution in [0, 0.1) is 29.5 Å². The van der Waals surface area contributed by atoms with Gasteiger partial charge in [-0.2, -0.15) is 0 Å². The van der Waals surface area contributed by atoms with Crippen LogP contribution >= 0.6 is 23.2 Å². The molecule has 1 heterocycles. The van der Waals surface area contributed by atoms with Gasteiger partial charge in [0.2, 0.25) is 0 Å². The number of pyridine rings is 1. The number of carbonyl (C=O) groups excluding carboxylic acids is 2. The quantitative estimate of drug-likeness (QED) is 0.106. The monoisotopic (exact) mass is 925 g/mol. The average molecular weight is 927 g/mol. The molecule has 1 aromatic heterocycles. The predicted octanol–water partition coefficient (Wildman–Crippen LogP) is 7.91. The number of amides is 2. The first-order valence-corrected chi connectivity index (χ1v) is 22.9. The molecule has 11 nitrogen and oxygen atoms in total. The van der Waals surface area contributed by atoms with Gasteiger partial charge >= 0.3 is 5.97 Å². The molecule has 0 spiro atoms. The molecule has 7 rings (SSSR count). The number of halogens is 3. The number of aliphatic hydroxyl groups is 2. The van der Waals surface area contributed by atoms with Crippen molar-refractivity contribution in [3.8, 4) is 23.7 Å². The van der Waals surface area contributed by atoms with E-state index in [0.717, 1.165) is 43.1 Å². The first-order valence-electron chi connectivity index (χ1n) is 20.2. The summed E-state index contributed by atoms with van der Waals surface area (Å²) in [6.07, 6.45) is 7.20. The number of sulfone groups is 1. The van der Waals surface area contributed by atoms with Gasteiger partial charge in [0.05, 0.1) is 10.5 Å². The largest absolute Gasteiger partial charge is 0.477 e. The van der Waals surface area contributed by atoms with Crippen LogP contribution in [0.15, 0.2) is 126 Å². The molecule has 5 N–H and O–H groups in total. The topological polar surface area (TPSA) is 183 Å². The Bertz CT molecular complexity index is 2680. The third kappa shape index (κ3) is 15.3. The van der Waals surface area contributed by atoms with Gasteiger partial charge in [-0.3, -0.25) is 9.59 Å². The molecule has 0 saturated heterocycles. The summed E-state index contributed by atoms with van der Waals surface area (Å²) in [5.41, 5.74) is -0.459. The summed E-state index contributed by atoms with van der Waals surface area (Å²) in [6, 6.07) is 30.2. The van der Waals surface area contributed by atoms with Crippen LogP contribution in [0.4, 0.5) is 4.39 Å². The third-order valence-electron chi connectivity index (χ3n) is 10.2. The highest BCUT2D eigenvalue weighted by molar-refractivity contribution is 7.90. The van der Waals surface area contributed by atoms with E-state index in [1.54, 1.807) is 54.6 Å². The third-order valence-corrected chi connectivity index (χ3v) is 11.8. The first kappa shape index (κ1) is 49.0. The highest BCUT2D eigenvalue weighted by atomic mass is 35.5. The fourth-order valence-electron chi connectivity index (χ4n) is 7.01. The first-order chi connectivity index (χ1) is 30.4. The van der Waals surface area contributed by atoms with E-state index in [-0.39, 0.29) is 34.1 Å². The Morgan fingerprint density at radius 2 is 1.23 bits per heavy atom. The Hall–Kier alpha value is -6.06. The molecular weight excluding hydrogens is 881 g/mol. The molecule has 4 aromatic carbocycles. The second-order valence-corrected chi connectivity index (χ2v) is 18.3. The summed E-state index contributed by atoms with van der Waals surface area (Å²) in [5.74, 6) is 9.45. The molecule has 5 aromatic rings. The van der Waals surface area contributed by atoms with E-state index < -0.39 is 38.7 Å². The SMILES string of the molecule is CS(=O)(=O)c1ccc(C(=O)N[C@H]2CCC[C@@](O)(C#Cc3cccc(Cl)c3)C2)cc1.O=C(N[C@H]1CCC[C@@](O)(C#Cc2cccc(Cl)c2)C1)c1ccccc1F.O=C(O)c1ccccn1. The zero-order valence-corrected chi connectivity index (χ0v) is 37.1. The van der Waals surface area contributed by atoms with Crippen LogP contribution in [0.1, 0.15) is 93.7 Å². The number of carboxylic acid groups (broad SMARTS) is 1. The molecule has 2 saturated carbocycles. The molecular formula is C49H46Cl2FN3O8S. The minimum absolute atomic E-state index is 0.00613. The lowest BCUT2D eigenvalue weighted by atomic mass is 9.82. The van der Waals surface area contributed by atoms with Gasteiger partial charge in [-0.05, 0) is 123 Å². The minimum atomic E-state index is -3.31. The highest BCUT2D eigenvalue weighted by Gasteiger charge is 2.35. The number of aromatic carboxylic acids is 1. The summed E-state index contributed by atoms with van der Waals surface area (Å²) >= 11 is 11.9. The van der Waals surface area contributed by atoms with Gasteiger partial charge in [-0.25, -0.2) is 22.6 Å². The Morgan fingerprint density at radius 1 is 0.719 bits per heavy atom. The number of rotatable bonds is 6. The Morgan fingerprint density at radius 3 is 1.69 bits per heavy atom. The van der Waals surface area contributed by atoms with Gasteiger partial charge in [0.1, 0.15) is 22.7 Å². The molecule has 0 unspecified atom stereocenters. The van der Waals surface area contributed by atoms with Crippen molar-refractivity contribution in [2.24, 2.45) is 0 Å². The number of aromatic nitrogens is 1. The standard InChI is InChI=1S/C22H22ClNO4S.C21H19ClFNO2.C6H5NO2/c1-29(27,28)20-9-7-17(8-10-20)21(25)24-19-6-3-12-22(26,15-19)13-11-16-4-2-5-18(23)14-16;22-16-6-3-5-15(13-16)10-12-21(26)11-4-7-17(14-21)24-20(25)18-8-1-2-9-19(18)23;8-6(9)5-3-1-2-4-7-5/h2,4-5,7-10,14,19,26H,3,6,12,15H2,1H3,(H,24,25);1-3,5-6,8-9,13,17,26H,4,7,11,14H2,(H,24,25);1-4H,(H,8,9)/t19-,22+;17-,21+;/m00./s1. The molecule has 2 aliphatic carbocycles. The number of nitrogens with zero attached hydrogens (tertiary/aromatic N) is 1. The van der Waals surface area contributed by atoms with Crippen molar-refractivity contribution in [3.05, 3.63) is 165 Å². The van der Waals surface area contributed by atoms with Gasteiger partial charge in [0.25, 0.3) is 11.8 Å². The molecule has 0 radical (unpaired) electrons. The number of hydrogen-bond acceptors (Lipinski definition) is 8. The van der Waals surface area contributed by atoms with Crippen molar-refractivity contribution in [3.63, 3.8) is 0 Å². The molecule has 15 heteroatoms. The van der Waals surface area contributed by atoms with Crippen LogP contribution < -0.4 is 10.6 Å². The zero-order valence-electron chi connectivity index (χ0n) is 34.7. The summed E-state index contributed by atoms with van der Waals surface area (Å²) in [5, 5.41) is 36.9. The second-order valence-electron chi connectivity index (χ2n) is 15.4. The molecule has 2 fully saturated rings. The Labute approximate surface area is 382 Å². The van der Waals surface area contributed by atoms with Crippen LogP contribution in [-0.4, -0.2) is 76.0 Å². The Kier molecular flexibility index (Phi) is 17.2. The summed E-state index contributed by atoms with van der Waals surface area (Å²) in [6.45, 7) is 0. The van der Waals surface area contributed by atoms with E-state index in [4.69, 9.17) is 28.3 Å². The van der Waals surface area contributed by atoms with E-state index in [1.807, 2.05) is 12.1 Å². The lowest BCUT2D eigenvalue weighted by Crippen LogP contribution is -2.45. The summed E-state index contributed by atoms with van der Waals surface area (Å²) < 4.78 is 36.8. The lowest BCUT2D eigenvalue weighted by Gasteiger charge is -2.33. The fourth-order valence-corrected chi connectivity index (χ4v) is 8.02. The van der Waals surface area contributed by atoms with E-state index in [9.17, 15) is 37.4 Å². The minimum Gasteiger partial charge on any atom is -0.477 e. The highest BCUT2D eigenvalue weighted by Crippen LogP contribution is 2.30. The molecule has 64 heavy (non-hydrogen) atoms. The number of nitrogens with one attached hydrogen (secondary N) is 2. The van der Waals surface area contributed by atoms with Crippen LogP contribution in [0.5, 0.6) is 0 Å². The fraction of sp³-hybridized carbons (Fsp3) is 0.265. The summed E-state index contributed by atoms with van der Waals surface area (Å²) in [4.78, 5) is 38.7. The van der Waals surface area contributed by atoms with E-state index in [2.05, 4.69) is 39.3 Å². The number of carbonyl (C=O) groups is 3. The van der Waals surface area contributed by atoms with Crippen molar-refractivity contribution in [2.45, 2.75) is 79.5 Å². The van der Waals surface area contributed by atoms with Gasteiger partial charge in [-0.1, -0.05) is 77.2 Å². The van der Waals surface area contributed by atoms with Crippen molar-refractivity contribution in [2.75, 3.05) is 6.26 Å².